The van der Waals surface area contributed by atoms with Crippen molar-refractivity contribution in [3.8, 4) is 0 Å². The molecule has 0 radical (unpaired) electrons. The number of amides is 1. The number of fused-ring (bicyclic) bond motifs is 1. The Labute approximate surface area is 157 Å². The monoisotopic (exact) mass is 375 g/mol. The molecule has 2 heterocycles. The molecule has 1 N–H and O–H groups in total. The summed E-state index contributed by atoms with van der Waals surface area (Å²) in [5, 5.41) is 2.79. The van der Waals surface area contributed by atoms with E-state index in [9.17, 15) is 13.6 Å². The van der Waals surface area contributed by atoms with Crippen molar-refractivity contribution >= 4 is 11.8 Å². The molecule has 3 rings (SSSR count). The van der Waals surface area contributed by atoms with Crippen molar-refractivity contribution in [3.05, 3.63) is 58.9 Å². The molecule has 0 saturated carbocycles. The van der Waals surface area contributed by atoms with Crippen molar-refractivity contribution in [2.24, 2.45) is 0 Å². The molecule has 0 saturated heterocycles. The van der Waals surface area contributed by atoms with Crippen LogP contribution < -0.4 is 5.32 Å². The highest BCUT2D eigenvalue weighted by atomic mass is 19.1. The van der Waals surface area contributed by atoms with Crippen molar-refractivity contribution < 1.29 is 18.3 Å². The van der Waals surface area contributed by atoms with Gasteiger partial charge in [0.15, 0.2) is 11.6 Å². The first-order chi connectivity index (χ1) is 12.7. The molecule has 0 atom stereocenters. The van der Waals surface area contributed by atoms with Crippen LogP contribution in [0.1, 0.15) is 37.5 Å². The molecule has 1 aromatic heterocycles. The second-order valence-corrected chi connectivity index (χ2v) is 7.55. The minimum absolute atomic E-state index is 0.173. The van der Waals surface area contributed by atoms with E-state index in [1.54, 1.807) is 4.90 Å². The number of pyridine rings is 1. The third-order valence-corrected chi connectivity index (χ3v) is 4.28. The van der Waals surface area contributed by atoms with Crippen LogP contribution >= 0.6 is 0 Å². The van der Waals surface area contributed by atoms with Gasteiger partial charge in [0.2, 0.25) is 0 Å². The molecular weight excluding hydrogens is 352 g/mol. The van der Waals surface area contributed by atoms with Gasteiger partial charge >= 0.3 is 6.09 Å². The van der Waals surface area contributed by atoms with E-state index >= 15 is 0 Å². The van der Waals surface area contributed by atoms with Gasteiger partial charge in [-0.3, -0.25) is 9.88 Å². The predicted octanol–water partition coefficient (Wildman–Crippen LogP) is 4.27. The fourth-order valence-electron chi connectivity index (χ4n) is 3.08. The molecule has 0 aliphatic carbocycles. The molecule has 144 valence electrons. The summed E-state index contributed by atoms with van der Waals surface area (Å²) in [6, 6.07) is 5.89. The molecule has 0 spiro atoms. The number of nitrogens with one attached hydrogen (secondary N) is 1. The van der Waals surface area contributed by atoms with E-state index in [4.69, 9.17) is 4.74 Å². The van der Waals surface area contributed by atoms with Gasteiger partial charge in [-0.2, -0.15) is 0 Å². The molecule has 1 aliphatic heterocycles. The van der Waals surface area contributed by atoms with E-state index in [-0.39, 0.29) is 11.8 Å². The Bertz CT molecular complexity index is 829. The van der Waals surface area contributed by atoms with Crippen molar-refractivity contribution in [2.75, 3.05) is 11.9 Å². The summed E-state index contributed by atoms with van der Waals surface area (Å²) in [5.74, 6) is -1.44. The molecule has 5 nitrogen and oxygen atoms in total. The van der Waals surface area contributed by atoms with Gasteiger partial charge < -0.3 is 10.1 Å². The number of hydrogen-bond donors (Lipinski definition) is 1. The summed E-state index contributed by atoms with van der Waals surface area (Å²) in [5.41, 5.74) is 2.46. The molecule has 2 aromatic rings. The number of hydrogen-bond acceptors (Lipinski definition) is 4. The van der Waals surface area contributed by atoms with Gasteiger partial charge in [0.25, 0.3) is 0 Å². The molecule has 0 unspecified atom stereocenters. The van der Waals surface area contributed by atoms with E-state index in [0.717, 1.165) is 29.1 Å². The molecule has 0 bridgehead atoms. The number of benzene rings is 1. The highest BCUT2D eigenvalue weighted by molar-refractivity contribution is 5.69. The average Bonchev–Trinajstić information content (AvgIpc) is 3.01. The SMILES string of the molecule is CC(C)(C)OC(=O)N1Cc2cccc(CCNc3c(F)cncc3F)c2C1. The van der Waals surface area contributed by atoms with Gasteiger partial charge in [0.05, 0.1) is 12.4 Å². The summed E-state index contributed by atoms with van der Waals surface area (Å²) >= 11 is 0. The third-order valence-electron chi connectivity index (χ3n) is 4.28. The van der Waals surface area contributed by atoms with E-state index in [1.165, 1.54) is 0 Å². The van der Waals surface area contributed by atoms with Gasteiger partial charge in [-0.25, -0.2) is 13.6 Å². The molecule has 1 aromatic carbocycles. The number of halogens is 2. The Morgan fingerprint density at radius 2 is 1.93 bits per heavy atom. The number of nitrogens with zero attached hydrogens (tertiary/aromatic N) is 2. The second kappa shape index (κ2) is 7.50. The zero-order valence-corrected chi connectivity index (χ0v) is 15.7. The van der Waals surface area contributed by atoms with E-state index in [1.807, 2.05) is 39.0 Å². The molecule has 0 fully saturated rings. The van der Waals surface area contributed by atoms with Crippen molar-refractivity contribution in [1.29, 1.82) is 0 Å². The Kier molecular flexibility index (Phi) is 5.30. The lowest BCUT2D eigenvalue weighted by Crippen LogP contribution is -2.33. The van der Waals surface area contributed by atoms with Crippen molar-refractivity contribution in [2.45, 2.75) is 45.9 Å². The number of rotatable bonds is 4. The quantitative estimate of drug-likeness (QED) is 0.867. The first-order valence-corrected chi connectivity index (χ1v) is 8.85. The zero-order chi connectivity index (χ0) is 19.6. The second-order valence-electron chi connectivity index (χ2n) is 7.55. The lowest BCUT2D eigenvalue weighted by molar-refractivity contribution is 0.0241. The number of ether oxygens (including phenoxy) is 1. The normalized spacial score (nSPS) is 13.4. The molecule has 1 aliphatic rings. The number of carbonyl (C=O) groups excluding carboxylic acids is 1. The van der Waals surface area contributed by atoms with Crippen LogP contribution in [0.5, 0.6) is 0 Å². The number of anilines is 1. The van der Waals surface area contributed by atoms with Crippen LogP contribution in [0.15, 0.2) is 30.6 Å². The van der Waals surface area contributed by atoms with Crippen LogP contribution in [0.3, 0.4) is 0 Å². The summed E-state index contributed by atoms with van der Waals surface area (Å²) in [6.45, 7) is 6.84. The Balaban J connectivity index is 1.65. The minimum atomic E-state index is -0.718. The Morgan fingerprint density at radius 3 is 2.59 bits per heavy atom. The maximum absolute atomic E-state index is 13.6. The van der Waals surface area contributed by atoms with Gasteiger partial charge in [-0.1, -0.05) is 18.2 Å². The van der Waals surface area contributed by atoms with Crippen LogP contribution in [-0.2, 0) is 24.2 Å². The smallest absolute Gasteiger partial charge is 0.410 e. The predicted molar refractivity (Wildman–Crippen MR) is 98.3 cm³/mol. The minimum Gasteiger partial charge on any atom is -0.444 e. The van der Waals surface area contributed by atoms with Crippen molar-refractivity contribution in [1.82, 2.24) is 9.88 Å². The third kappa shape index (κ3) is 4.53. The maximum Gasteiger partial charge on any atom is 0.410 e. The van der Waals surface area contributed by atoms with Gasteiger partial charge in [-0.05, 0) is 43.9 Å². The summed E-state index contributed by atoms with van der Waals surface area (Å²) in [4.78, 5) is 17.4. The topological polar surface area (TPSA) is 54.5 Å². The van der Waals surface area contributed by atoms with Gasteiger partial charge in [0, 0.05) is 19.6 Å². The van der Waals surface area contributed by atoms with E-state index in [2.05, 4.69) is 10.3 Å². The van der Waals surface area contributed by atoms with Gasteiger partial charge in [0.1, 0.15) is 11.3 Å². The molecule has 27 heavy (non-hydrogen) atoms. The first-order valence-electron chi connectivity index (χ1n) is 8.85. The highest BCUT2D eigenvalue weighted by Crippen LogP contribution is 2.28. The maximum atomic E-state index is 13.6. The zero-order valence-electron chi connectivity index (χ0n) is 15.7. The van der Waals surface area contributed by atoms with Crippen LogP contribution in [0, 0.1) is 11.6 Å². The average molecular weight is 375 g/mol. The fraction of sp³-hybridized carbons (Fsp3) is 0.400. The summed E-state index contributed by atoms with van der Waals surface area (Å²) in [6.07, 6.45) is 2.19. The Hall–Kier alpha value is -2.70. The number of aromatic nitrogens is 1. The standard InChI is InChI=1S/C20H23F2N3O2/c1-20(2,3)27-19(26)25-11-14-6-4-5-13(15(14)12-25)7-8-24-18-16(21)9-23-10-17(18)22/h4-6,9-10H,7-8,11-12H2,1-3H3,(H,23,24). The van der Waals surface area contributed by atoms with Gasteiger partial charge in [-0.15, -0.1) is 0 Å². The van der Waals surface area contributed by atoms with Crippen LogP contribution in [0.2, 0.25) is 0 Å². The largest absolute Gasteiger partial charge is 0.444 e. The lowest BCUT2D eigenvalue weighted by Gasteiger charge is -2.24. The van der Waals surface area contributed by atoms with Crippen molar-refractivity contribution in [3.63, 3.8) is 0 Å². The molecular formula is C20H23F2N3O2. The van der Waals surface area contributed by atoms with E-state index in [0.29, 0.717) is 26.1 Å². The first kappa shape index (κ1) is 19.1. The van der Waals surface area contributed by atoms with Crippen LogP contribution in [0.4, 0.5) is 19.3 Å². The highest BCUT2D eigenvalue weighted by Gasteiger charge is 2.28. The van der Waals surface area contributed by atoms with E-state index < -0.39 is 17.2 Å². The molecule has 1 amide bonds. The fourth-order valence-corrected chi connectivity index (χ4v) is 3.08. The van der Waals surface area contributed by atoms with Crippen LogP contribution in [-0.4, -0.2) is 28.1 Å². The molecule has 7 heteroatoms. The number of carbonyl (C=O) groups is 1. The summed E-state index contributed by atoms with van der Waals surface area (Å²) < 4.78 is 32.7. The Morgan fingerprint density at radius 1 is 1.22 bits per heavy atom. The van der Waals surface area contributed by atoms with Crippen LogP contribution in [0.25, 0.3) is 0 Å². The lowest BCUT2D eigenvalue weighted by atomic mass is 10.0. The summed E-state index contributed by atoms with van der Waals surface area (Å²) in [7, 11) is 0.